The molecular formula is C16H12BrN3O2S. The summed E-state index contributed by atoms with van der Waals surface area (Å²) in [7, 11) is -1.53. The molecule has 0 N–H and O–H groups in total. The smallest absolute Gasteiger partial charge is 0.277 e. The Morgan fingerprint density at radius 1 is 1.26 bits per heavy atom. The Bertz CT molecular complexity index is 1010. The van der Waals surface area contributed by atoms with Crippen LogP contribution in [0.15, 0.2) is 56.9 Å². The van der Waals surface area contributed by atoms with Crippen molar-refractivity contribution in [2.24, 2.45) is 0 Å². The third-order valence-corrected chi connectivity index (χ3v) is 5.45. The molecule has 7 heteroatoms. The molecule has 3 aromatic rings. The van der Waals surface area contributed by atoms with E-state index in [-0.39, 0.29) is 12.1 Å². The summed E-state index contributed by atoms with van der Waals surface area (Å²) in [6.45, 7) is 1.89. The van der Waals surface area contributed by atoms with Gasteiger partial charge in [-0.25, -0.2) is 4.21 Å². The van der Waals surface area contributed by atoms with Gasteiger partial charge in [-0.3, -0.25) is 13.3 Å². The molecule has 0 amide bonds. The van der Waals surface area contributed by atoms with Crippen molar-refractivity contribution in [2.45, 2.75) is 18.4 Å². The van der Waals surface area contributed by atoms with Crippen LogP contribution in [0.25, 0.3) is 10.9 Å². The number of fused-ring (bicyclic) bond motifs is 1. The van der Waals surface area contributed by atoms with E-state index in [0.717, 1.165) is 5.56 Å². The monoisotopic (exact) mass is 389 g/mol. The van der Waals surface area contributed by atoms with Gasteiger partial charge < -0.3 is 0 Å². The first-order chi connectivity index (χ1) is 11.0. The SMILES string of the molecule is Cc1ccc(S(=O)n2ccc3c(Br)cn(CC#N)c(=O)c32)cc1. The lowest BCUT2D eigenvalue weighted by atomic mass is 10.2. The minimum atomic E-state index is -1.53. The molecule has 0 aliphatic carbocycles. The summed E-state index contributed by atoms with van der Waals surface area (Å²) in [5.74, 6) is 0. The second-order valence-corrected chi connectivity index (χ2v) is 7.25. The van der Waals surface area contributed by atoms with Gasteiger partial charge in [0.15, 0.2) is 11.0 Å². The van der Waals surface area contributed by atoms with Crippen molar-refractivity contribution < 1.29 is 4.21 Å². The minimum absolute atomic E-state index is 0.0598. The predicted molar refractivity (Wildman–Crippen MR) is 92.5 cm³/mol. The zero-order chi connectivity index (χ0) is 16.6. The maximum atomic E-state index is 12.8. The number of hydrogen-bond acceptors (Lipinski definition) is 3. The molecule has 0 aliphatic rings. The molecule has 2 heterocycles. The van der Waals surface area contributed by atoms with Gasteiger partial charge in [0.05, 0.1) is 11.0 Å². The van der Waals surface area contributed by atoms with Gasteiger partial charge in [0.2, 0.25) is 0 Å². The lowest BCUT2D eigenvalue weighted by molar-refractivity contribution is 0.678. The molecule has 2 aromatic heterocycles. The fourth-order valence-corrected chi connectivity index (χ4v) is 3.99. The minimum Gasteiger partial charge on any atom is -0.299 e. The van der Waals surface area contributed by atoms with E-state index in [9.17, 15) is 9.00 Å². The molecule has 0 fully saturated rings. The van der Waals surface area contributed by atoms with Gasteiger partial charge in [-0.1, -0.05) is 17.7 Å². The highest BCUT2D eigenvalue weighted by Crippen LogP contribution is 2.24. The molecule has 23 heavy (non-hydrogen) atoms. The Morgan fingerprint density at radius 2 is 1.96 bits per heavy atom. The molecule has 0 saturated carbocycles. The van der Waals surface area contributed by atoms with E-state index in [1.807, 2.05) is 25.1 Å². The molecular weight excluding hydrogens is 378 g/mol. The van der Waals surface area contributed by atoms with Gasteiger partial charge in [0, 0.05) is 22.3 Å². The summed E-state index contributed by atoms with van der Waals surface area (Å²) < 4.78 is 16.2. The van der Waals surface area contributed by atoms with Gasteiger partial charge >= 0.3 is 0 Å². The van der Waals surface area contributed by atoms with Gasteiger partial charge in [-0.15, -0.1) is 0 Å². The van der Waals surface area contributed by atoms with Gasteiger partial charge in [0.1, 0.15) is 12.1 Å². The van der Waals surface area contributed by atoms with Crippen molar-refractivity contribution in [3.05, 3.63) is 63.1 Å². The molecule has 0 radical (unpaired) electrons. The van der Waals surface area contributed by atoms with E-state index in [0.29, 0.717) is 20.3 Å². The number of nitrogens with zero attached hydrogens (tertiary/aromatic N) is 3. The van der Waals surface area contributed by atoms with E-state index >= 15 is 0 Å². The third kappa shape index (κ3) is 2.76. The predicted octanol–water partition coefficient (Wildman–Crippen LogP) is 2.97. The highest BCUT2D eigenvalue weighted by Gasteiger charge is 2.16. The lowest BCUT2D eigenvalue weighted by Gasteiger charge is -2.08. The quantitative estimate of drug-likeness (QED) is 0.691. The maximum absolute atomic E-state index is 12.8. The molecule has 0 saturated heterocycles. The summed E-state index contributed by atoms with van der Waals surface area (Å²) in [4.78, 5) is 13.2. The molecule has 0 aliphatic heterocycles. The zero-order valence-corrected chi connectivity index (χ0v) is 14.6. The van der Waals surface area contributed by atoms with Gasteiger partial charge in [-0.2, -0.15) is 5.26 Å². The number of benzene rings is 1. The lowest BCUT2D eigenvalue weighted by Crippen LogP contribution is -2.22. The van der Waals surface area contributed by atoms with Crippen molar-refractivity contribution in [1.29, 1.82) is 5.26 Å². The summed E-state index contributed by atoms with van der Waals surface area (Å²) in [6, 6.07) is 11.0. The molecule has 3 rings (SSSR count). The van der Waals surface area contributed by atoms with Crippen molar-refractivity contribution in [1.82, 2.24) is 8.54 Å². The van der Waals surface area contributed by atoms with Crippen molar-refractivity contribution in [2.75, 3.05) is 0 Å². The molecule has 1 unspecified atom stereocenters. The van der Waals surface area contributed by atoms with Crippen LogP contribution < -0.4 is 5.56 Å². The van der Waals surface area contributed by atoms with Crippen LogP contribution in [0.4, 0.5) is 0 Å². The highest BCUT2D eigenvalue weighted by molar-refractivity contribution is 9.10. The largest absolute Gasteiger partial charge is 0.299 e. The van der Waals surface area contributed by atoms with E-state index < -0.39 is 11.0 Å². The Kier molecular flexibility index (Phi) is 4.20. The van der Waals surface area contributed by atoms with Crippen molar-refractivity contribution in [3.8, 4) is 6.07 Å². The fourth-order valence-electron chi connectivity index (χ4n) is 2.32. The number of halogens is 1. The first-order valence-corrected chi connectivity index (χ1v) is 8.69. The van der Waals surface area contributed by atoms with E-state index in [2.05, 4.69) is 15.9 Å². The van der Waals surface area contributed by atoms with Gasteiger partial charge in [-0.05, 0) is 41.1 Å². The van der Waals surface area contributed by atoms with Crippen LogP contribution in [-0.4, -0.2) is 12.7 Å². The fraction of sp³-hybridized carbons (Fsp3) is 0.125. The number of aryl methyl sites for hydroxylation is 1. The Hall–Kier alpha value is -2.17. The normalized spacial score (nSPS) is 12.2. The van der Waals surface area contributed by atoms with Crippen LogP contribution in [0.2, 0.25) is 0 Å². The average molecular weight is 390 g/mol. The highest BCUT2D eigenvalue weighted by atomic mass is 79.9. The average Bonchev–Trinajstić information content (AvgIpc) is 2.98. The Labute approximate surface area is 143 Å². The topological polar surface area (TPSA) is 67.8 Å². The van der Waals surface area contributed by atoms with Crippen molar-refractivity contribution in [3.63, 3.8) is 0 Å². The van der Waals surface area contributed by atoms with Crippen LogP contribution in [0.1, 0.15) is 5.56 Å². The second-order valence-electron chi connectivity index (χ2n) is 5.03. The number of pyridine rings is 1. The van der Waals surface area contributed by atoms with Crippen LogP contribution in [0.3, 0.4) is 0 Å². The number of rotatable bonds is 3. The summed E-state index contributed by atoms with van der Waals surface area (Å²) in [6.07, 6.45) is 3.20. The Balaban J connectivity index is 2.22. The number of aromatic nitrogens is 2. The third-order valence-electron chi connectivity index (χ3n) is 3.48. The molecule has 5 nitrogen and oxygen atoms in total. The van der Waals surface area contributed by atoms with Crippen LogP contribution in [-0.2, 0) is 17.5 Å². The summed E-state index contributed by atoms with van der Waals surface area (Å²) >= 11 is 3.40. The molecule has 1 atom stereocenters. The first kappa shape index (κ1) is 15.7. The summed E-state index contributed by atoms with van der Waals surface area (Å²) in [5, 5.41) is 9.52. The molecule has 1 aromatic carbocycles. The van der Waals surface area contributed by atoms with Gasteiger partial charge in [0.25, 0.3) is 5.56 Å². The maximum Gasteiger partial charge on any atom is 0.277 e. The standard InChI is InChI=1S/C16H12BrN3O2S/c1-11-2-4-12(5-3-11)23(22)20-8-6-13-14(17)10-19(9-7-18)16(21)15(13)20/h2-6,8,10H,9H2,1H3. The molecule has 0 spiro atoms. The van der Waals surface area contributed by atoms with E-state index in [1.54, 1.807) is 30.6 Å². The van der Waals surface area contributed by atoms with Crippen LogP contribution in [0.5, 0.6) is 0 Å². The van der Waals surface area contributed by atoms with E-state index in [1.165, 1.54) is 8.54 Å². The number of hydrogen-bond donors (Lipinski definition) is 0. The molecule has 0 bridgehead atoms. The number of nitriles is 1. The first-order valence-electron chi connectivity index (χ1n) is 6.79. The second kappa shape index (κ2) is 6.14. The zero-order valence-electron chi connectivity index (χ0n) is 12.2. The van der Waals surface area contributed by atoms with Crippen LogP contribution in [0, 0.1) is 18.3 Å². The van der Waals surface area contributed by atoms with Crippen molar-refractivity contribution >= 4 is 37.8 Å². The van der Waals surface area contributed by atoms with E-state index in [4.69, 9.17) is 5.26 Å². The summed E-state index contributed by atoms with van der Waals surface area (Å²) in [5.41, 5.74) is 1.05. The Morgan fingerprint density at radius 3 is 2.61 bits per heavy atom. The molecule has 116 valence electrons. The van der Waals surface area contributed by atoms with Crippen LogP contribution >= 0.6 is 15.9 Å².